The Labute approximate surface area is 262 Å². The molecule has 2 aromatic rings. The second-order valence-electron chi connectivity index (χ2n) is 11.5. The highest BCUT2D eigenvalue weighted by atomic mass is 19.4. The zero-order chi connectivity index (χ0) is 35.1. The molecule has 18 heteroatoms. The fourth-order valence-corrected chi connectivity index (χ4v) is 5.55. The first-order valence-corrected chi connectivity index (χ1v) is 14.2. The van der Waals surface area contributed by atoms with Crippen molar-refractivity contribution in [3.8, 4) is 5.75 Å². The van der Waals surface area contributed by atoms with E-state index in [9.17, 15) is 45.4 Å². The minimum atomic E-state index is -5.08. The molecule has 1 aromatic carbocycles. The van der Waals surface area contributed by atoms with E-state index in [2.05, 4.69) is 15.3 Å². The number of benzene rings is 1. The maximum atomic E-state index is 14.2. The number of para-hydroxylation sites is 1. The number of hydrogen-bond donors (Lipinski definition) is 4. The minimum absolute atomic E-state index is 0.0525. The van der Waals surface area contributed by atoms with Gasteiger partial charge in [0.25, 0.3) is 0 Å². The van der Waals surface area contributed by atoms with Gasteiger partial charge in [-0.2, -0.15) is 26.3 Å². The number of hydrogen-bond acceptors (Lipinski definition) is 8. The third-order valence-electron chi connectivity index (χ3n) is 8.14. The molecule has 0 saturated heterocycles. The number of aromatic nitrogens is 1. The highest BCUT2D eigenvalue weighted by Crippen LogP contribution is 2.52. The van der Waals surface area contributed by atoms with Gasteiger partial charge in [-0.25, -0.2) is 14.2 Å². The summed E-state index contributed by atoms with van der Waals surface area (Å²) in [7, 11) is 0. The van der Waals surface area contributed by atoms with Gasteiger partial charge in [-0.15, -0.1) is 0 Å². The summed E-state index contributed by atoms with van der Waals surface area (Å²) in [4.78, 5) is 45.2. The molecule has 2 amide bonds. The molecule has 1 saturated carbocycles. The van der Waals surface area contributed by atoms with Crippen LogP contribution in [0.3, 0.4) is 0 Å². The summed E-state index contributed by atoms with van der Waals surface area (Å²) in [5.74, 6) is -5.87. The molecule has 7 atom stereocenters. The van der Waals surface area contributed by atoms with Crippen LogP contribution in [0.1, 0.15) is 56.3 Å². The lowest BCUT2D eigenvalue weighted by molar-refractivity contribution is -0.229. The second kappa shape index (κ2) is 13.0. The second-order valence-corrected chi connectivity index (χ2v) is 11.5. The largest absolute Gasteiger partial charge is 0.490 e. The van der Waals surface area contributed by atoms with Crippen LogP contribution in [0.2, 0.25) is 0 Å². The molecule has 5 N–H and O–H groups in total. The van der Waals surface area contributed by atoms with Crippen molar-refractivity contribution < 1.29 is 60.1 Å². The van der Waals surface area contributed by atoms with Gasteiger partial charge in [0.05, 0.1) is 30.2 Å². The van der Waals surface area contributed by atoms with Crippen LogP contribution in [0.15, 0.2) is 47.7 Å². The van der Waals surface area contributed by atoms with Crippen LogP contribution in [0.25, 0.3) is 0 Å². The van der Waals surface area contributed by atoms with Gasteiger partial charge in [0, 0.05) is 17.7 Å². The predicted molar refractivity (Wildman–Crippen MR) is 148 cm³/mol. The molecule has 0 spiro atoms. The molecule has 0 radical (unpaired) electrons. The van der Waals surface area contributed by atoms with Gasteiger partial charge in [-0.3, -0.25) is 19.5 Å². The number of ether oxygens (including phenoxy) is 1. The van der Waals surface area contributed by atoms with E-state index in [1.54, 1.807) is 13.0 Å². The average molecular weight is 678 g/mol. The number of nitrogens with one attached hydrogen (secondary N) is 1. The molecule has 3 aliphatic rings. The molecule has 1 fully saturated rings. The Balaban J connectivity index is 0.000000644. The number of carboxylic acid groups (broad SMARTS) is 1. The number of aliphatic hydroxyl groups is 1. The number of alkyl halides is 6. The van der Waals surface area contributed by atoms with Gasteiger partial charge in [0.1, 0.15) is 17.7 Å². The van der Waals surface area contributed by atoms with Crippen molar-refractivity contribution in [3.05, 3.63) is 59.7 Å². The predicted octanol–water partition coefficient (Wildman–Crippen LogP) is 3.79. The van der Waals surface area contributed by atoms with Crippen molar-refractivity contribution in [1.82, 2.24) is 15.2 Å². The van der Waals surface area contributed by atoms with Gasteiger partial charge in [0.15, 0.2) is 5.96 Å². The number of nitrogens with zero attached hydrogens (tertiary/aromatic N) is 3. The van der Waals surface area contributed by atoms with Crippen LogP contribution >= 0.6 is 0 Å². The summed E-state index contributed by atoms with van der Waals surface area (Å²) in [6, 6.07) is 4.77. The lowest BCUT2D eigenvalue weighted by Crippen LogP contribution is -2.54. The number of aliphatic carboxylic acids is 1. The van der Waals surface area contributed by atoms with Crippen LogP contribution in [-0.2, 0) is 14.4 Å². The fourth-order valence-electron chi connectivity index (χ4n) is 5.55. The molecule has 11 nitrogen and oxygen atoms in total. The molecule has 4 unspecified atom stereocenters. The van der Waals surface area contributed by atoms with Gasteiger partial charge >= 0.3 is 18.3 Å². The van der Waals surface area contributed by atoms with E-state index < -0.39 is 71.7 Å². The molecule has 1 aliphatic carbocycles. The molecule has 3 heterocycles. The first kappa shape index (κ1) is 35.4. The van der Waals surface area contributed by atoms with Gasteiger partial charge in [-0.05, 0) is 43.4 Å². The first-order valence-electron chi connectivity index (χ1n) is 14.2. The Kier molecular flexibility index (Phi) is 9.76. The highest BCUT2D eigenvalue weighted by molar-refractivity contribution is 5.99. The monoisotopic (exact) mass is 677 g/mol. The average Bonchev–Trinajstić information content (AvgIpc) is 3.76. The third kappa shape index (κ3) is 7.74. The zero-order valence-electron chi connectivity index (χ0n) is 24.7. The molecule has 2 aliphatic heterocycles. The SMILES string of the molecule is CC[C@@]1(C)CC(=O)N(C(c2cncc(F)c2)[C@@H]2C[C@H]2C(=O)NC2c3ccccc3OC(C(F)(F)F)C2O)C(N)=N1.O=C(O)C(F)(F)F. The number of fused-ring (bicyclic) bond motifs is 1. The maximum Gasteiger partial charge on any atom is 0.490 e. The van der Waals surface area contributed by atoms with Crippen LogP contribution < -0.4 is 15.8 Å². The summed E-state index contributed by atoms with van der Waals surface area (Å²) < 4.78 is 91.8. The van der Waals surface area contributed by atoms with E-state index in [0.717, 1.165) is 6.20 Å². The van der Waals surface area contributed by atoms with Crippen molar-refractivity contribution >= 4 is 23.7 Å². The van der Waals surface area contributed by atoms with E-state index in [1.807, 2.05) is 6.92 Å². The number of carboxylic acids is 1. The number of aliphatic imine (C=N–C) groups is 1. The topological polar surface area (TPSA) is 167 Å². The third-order valence-corrected chi connectivity index (χ3v) is 8.14. The quantitative estimate of drug-likeness (QED) is 0.335. The Morgan fingerprint density at radius 2 is 1.83 bits per heavy atom. The Hall–Kier alpha value is -4.48. The van der Waals surface area contributed by atoms with Crippen molar-refractivity contribution in [2.75, 3.05) is 0 Å². The minimum Gasteiger partial charge on any atom is -0.478 e. The Morgan fingerprint density at radius 1 is 1.19 bits per heavy atom. The zero-order valence-corrected chi connectivity index (χ0v) is 24.7. The van der Waals surface area contributed by atoms with Gasteiger partial charge < -0.3 is 26.0 Å². The van der Waals surface area contributed by atoms with Crippen LogP contribution in [0, 0.1) is 17.7 Å². The highest BCUT2D eigenvalue weighted by Gasteiger charge is 2.56. The maximum absolute atomic E-state index is 14.2. The van der Waals surface area contributed by atoms with E-state index in [-0.39, 0.29) is 36.0 Å². The van der Waals surface area contributed by atoms with Crippen molar-refractivity contribution in [1.29, 1.82) is 0 Å². The van der Waals surface area contributed by atoms with Crippen molar-refractivity contribution in [3.63, 3.8) is 0 Å². The smallest absolute Gasteiger partial charge is 0.478 e. The molecular formula is C29H30F7N5O6. The lowest BCUT2D eigenvalue weighted by atomic mass is 9.91. The number of amides is 2. The molecule has 1 aromatic heterocycles. The van der Waals surface area contributed by atoms with Crippen molar-refractivity contribution in [2.45, 2.75) is 75.3 Å². The molecule has 0 bridgehead atoms. The number of carbonyl (C=O) groups excluding carboxylic acids is 2. The summed E-state index contributed by atoms with van der Waals surface area (Å²) in [6.45, 7) is 3.67. The Bertz CT molecular complexity index is 1550. The number of carbonyl (C=O) groups is 3. The molecule has 5 rings (SSSR count). The number of pyridine rings is 1. The number of halogens is 7. The summed E-state index contributed by atoms with van der Waals surface area (Å²) in [6.07, 6.45) is -11.4. The normalized spacial score (nSPS) is 27.7. The molecule has 47 heavy (non-hydrogen) atoms. The summed E-state index contributed by atoms with van der Waals surface area (Å²) in [5.41, 5.74) is 6.05. The van der Waals surface area contributed by atoms with Crippen LogP contribution in [0.5, 0.6) is 5.75 Å². The van der Waals surface area contributed by atoms with Crippen LogP contribution in [-0.4, -0.2) is 73.9 Å². The van der Waals surface area contributed by atoms with Crippen LogP contribution in [0.4, 0.5) is 30.7 Å². The number of nitrogens with two attached hydrogens (primary N) is 1. The number of rotatable bonds is 6. The van der Waals surface area contributed by atoms with E-state index in [1.165, 1.54) is 35.4 Å². The van der Waals surface area contributed by atoms with Gasteiger partial charge in [-0.1, -0.05) is 25.1 Å². The van der Waals surface area contributed by atoms with Gasteiger partial charge in [0.2, 0.25) is 17.9 Å². The number of guanidine groups is 1. The first-order chi connectivity index (χ1) is 21.8. The molecular weight excluding hydrogens is 647 g/mol. The van der Waals surface area contributed by atoms with E-state index in [4.69, 9.17) is 20.4 Å². The Morgan fingerprint density at radius 3 is 2.38 bits per heavy atom. The molecule has 256 valence electrons. The summed E-state index contributed by atoms with van der Waals surface area (Å²) >= 11 is 0. The standard InChI is InChI=1S/C27H29F4N5O4.C2HF3O2/c1-3-26(2)10-19(37)36(25(32)35-26)21(13-8-14(28)12-33-11-13)16-9-17(16)24(39)34-20-15-6-4-5-7-18(15)40-23(22(20)38)27(29,30)31;3-2(4,5)1(6)7/h4-8,11-12,16-17,20-23,38H,3,9-10H2,1-2H3,(H2,32,35)(H,34,39);(H,6,7)/t16-,17-,20?,21?,22?,23?,26+;/m1./s1. The van der Waals surface area contributed by atoms with E-state index in [0.29, 0.717) is 12.0 Å². The fraction of sp³-hybridized carbons (Fsp3) is 0.483. The lowest BCUT2D eigenvalue weighted by Gasteiger charge is -2.39. The number of aliphatic hydroxyl groups excluding tert-OH is 1. The summed E-state index contributed by atoms with van der Waals surface area (Å²) in [5, 5.41) is 20.3. The van der Waals surface area contributed by atoms with Crippen molar-refractivity contribution in [2.24, 2.45) is 22.6 Å². The van der Waals surface area contributed by atoms with E-state index >= 15 is 0 Å².